The van der Waals surface area contributed by atoms with Crippen molar-refractivity contribution in [1.82, 2.24) is 5.32 Å². The fraction of sp³-hybridized carbons (Fsp3) is 0.350. The zero-order valence-electron chi connectivity index (χ0n) is 13.9. The minimum atomic E-state index is 0.0200. The Hall–Kier alpha value is -2.09. The van der Waals surface area contributed by atoms with Crippen LogP contribution in [0.15, 0.2) is 54.6 Å². The summed E-state index contributed by atoms with van der Waals surface area (Å²) >= 11 is 0. The first-order valence-corrected chi connectivity index (χ1v) is 7.81. The molecule has 0 aliphatic heterocycles. The van der Waals surface area contributed by atoms with E-state index in [0.717, 1.165) is 0 Å². The van der Waals surface area contributed by atoms with Crippen LogP contribution in [0, 0.1) is 5.41 Å². The van der Waals surface area contributed by atoms with Crippen LogP contribution in [0.4, 0.5) is 0 Å². The Labute approximate surface area is 133 Å². The van der Waals surface area contributed by atoms with Gasteiger partial charge in [-0.1, -0.05) is 75.4 Å². The third-order valence-corrected chi connectivity index (χ3v) is 3.96. The molecule has 0 saturated carbocycles. The molecule has 1 aromatic rings. The van der Waals surface area contributed by atoms with Crippen molar-refractivity contribution < 1.29 is 4.79 Å². The van der Waals surface area contributed by atoms with Gasteiger partial charge in [-0.3, -0.25) is 4.79 Å². The Bertz CT molecular complexity index is 618. The lowest BCUT2D eigenvalue weighted by molar-refractivity contribution is -0.119. The summed E-state index contributed by atoms with van der Waals surface area (Å²) in [7, 11) is 0. The molecular formula is C20H25NO. The number of allylic oxidation sites excluding steroid dienone is 6. The van der Waals surface area contributed by atoms with Crippen LogP contribution in [0.3, 0.4) is 0 Å². The molecule has 1 atom stereocenters. The average molecular weight is 295 g/mol. The summed E-state index contributed by atoms with van der Waals surface area (Å²) < 4.78 is 0. The molecule has 0 fully saturated rings. The molecule has 1 N–H and O–H groups in total. The number of carbonyl (C=O) groups excluding carboxylic acids is 1. The molecule has 1 amide bonds. The molecule has 22 heavy (non-hydrogen) atoms. The van der Waals surface area contributed by atoms with Crippen molar-refractivity contribution in [3.63, 3.8) is 0 Å². The molecule has 1 aliphatic carbocycles. The predicted octanol–water partition coefficient (Wildman–Crippen LogP) is 4.46. The predicted molar refractivity (Wildman–Crippen MR) is 93.6 cm³/mol. The van der Waals surface area contributed by atoms with Crippen LogP contribution in [-0.2, 0) is 4.79 Å². The van der Waals surface area contributed by atoms with Crippen molar-refractivity contribution in [3.8, 4) is 0 Å². The fourth-order valence-electron chi connectivity index (χ4n) is 2.43. The van der Waals surface area contributed by atoms with Crippen molar-refractivity contribution in [1.29, 1.82) is 0 Å². The van der Waals surface area contributed by atoms with Crippen LogP contribution >= 0.6 is 0 Å². The van der Waals surface area contributed by atoms with E-state index in [1.165, 1.54) is 16.7 Å². The molecular weight excluding hydrogens is 270 g/mol. The van der Waals surface area contributed by atoms with Crippen LogP contribution in [-0.4, -0.2) is 12.5 Å². The maximum atomic E-state index is 11.0. The Kier molecular flexibility index (Phi) is 5.02. The van der Waals surface area contributed by atoms with Gasteiger partial charge < -0.3 is 5.32 Å². The van der Waals surface area contributed by atoms with Crippen molar-refractivity contribution in [2.75, 3.05) is 6.54 Å². The first-order chi connectivity index (χ1) is 10.4. The molecule has 1 aliphatic rings. The van der Waals surface area contributed by atoms with Crippen molar-refractivity contribution >= 4 is 11.5 Å². The molecule has 1 unspecified atom stereocenters. The van der Waals surface area contributed by atoms with E-state index in [1.807, 2.05) is 0 Å². The number of nitrogens with one attached hydrogen (secondary N) is 1. The van der Waals surface area contributed by atoms with E-state index in [0.29, 0.717) is 12.5 Å². The van der Waals surface area contributed by atoms with Crippen molar-refractivity contribution in [3.05, 3.63) is 65.8 Å². The smallest absolute Gasteiger partial charge is 0.216 e. The third kappa shape index (κ3) is 4.45. The van der Waals surface area contributed by atoms with Gasteiger partial charge >= 0.3 is 0 Å². The van der Waals surface area contributed by atoms with Gasteiger partial charge in [0.1, 0.15) is 0 Å². The molecule has 0 radical (unpaired) electrons. The van der Waals surface area contributed by atoms with Crippen LogP contribution in [0.25, 0.3) is 5.57 Å². The maximum absolute atomic E-state index is 11.0. The van der Waals surface area contributed by atoms with Crippen molar-refractivity contribution in [2.24, 2.45) is 5.41 Å². The molecule has 2 heteroatoms. The first kappa shape index (κ1) is 16.3. The summed E-state index contributed by atoms with van der Waals surface area (Å²) in [4.78, 5) is 11.0. The monoisotopic (exact) mass is 295 g/mol. The number of rotatable bonds is 4. The van der Waals surface area contributed by atoms with Crippen LogP contribution in [0.5, 0.6) is 0 Å². The van der Waals surface area contributed by atoms with Gasteiger partial charge in [0.25, 0.3) is 0 Å². The van der Waals surface area contributed by atoms with E-state index in [-0.39, 0.29) is 11.3 Å². The standard InChI is InChI=1S/C20H25NO/c1-15(14-21-16(2)22)17-7-9-19(10-8-17)18-6-5-12-20(3,4)13-11-18/h5-13,15H,14H2,1-4H3,(H,21,22). The number of hydrogen-bond donors (Lipinski definition) is 1. The van der Waals surface area contributed by atoms with Crippen LogP contribution in [0.1, 0.15) is 44.7 Å². The van der Waals surface area contributed by atoms with Gasteiger partial charge in [0.15, 0.2) is 0 Å². The molecule has 1 aromatic carbocycles. The van der Waals surface area contributed by atoms with Gasteiger partial charge in [-0.25, -0.2) is 0 Å². The van der Waals surface area contributed by atoms with Crippen molar-refractivity contribution in [2.45, 2.75) is 33.6 Å². The van der Waals surface area contributed by atoms with Gasteiger partial charge in [-0.15, -0.1) is 0 Å². The largest absolute Gasteiger partial charge is 0.356 e. The van der Waals surface area contributed by atoms with Gasteiger partial charge in [0.2, 0.25) is 5.91 Å². The van der Waals surface area contributed by atoms with Gasteiger partial charge in [-0.05, 0) is 22.6 Å². The second-order valence-corrected chi connectivity index (χ2v) is 6.60. The molecule has 0 bridgehead atoms. The quantitative estimate of drug-likeness (QED) is 0.873. The Balaban J connectivity index is 2.11. The highest BCUT2D eigenvalue weighted by molar-refractivity contribution is 5.76. The number of benzene rings is 1. The zero-order chi connectivity index (χ0) is 16.2. The summed E-state index contributed by atoms with van der Waals surface area (Å²) in [6, 6.07) is 8.61. The van der Waals surface area contributed by atoms with E-state index >= 15 is 0 Å². The van der Waals surface area contributed by atoms with Crippen LogP contribution < -0.4 is 5.32 Å². The molecule has 0 spiro atoms. The number of amides is 1. The van der Waals surface area contributed by atoms with E-state index in [4.69, 9.17) is 0 Å². The number of hydrogen-bond acceptors (Lipinski definition) is 1. The second kappa shape index (κ2) is 6.78. The first-order valence-electron chi connectivity index (χ1n) is 7.81. The Morgan fingerprint density at radius 3 is 2.50 bits per heavy atom. The van der Waals surface area contributed by atoms with E-state index in [1.54, 1.807) is 6.92 Å². The summed E-state index contributed by atoms with van der Waals surface area (Å²) in [5.41, 5.74) is 3.79. The summed E-state index contributed by atoms with van der Waals surface area (Å²) in [6.07, 6.45) is 10.9. The van der Waals surface area contributed by atoms with Gasteiger partial charge in [0, 0.05) is 18.9 Å². The number of carbonyl (C=O) groups is 1. The van der Waals surface area contributed by atoms with E-state index < -0.39 is 0 Å². The third-order valence-electron chi connectivity index (χ3n) is 3.96. The minimum absolute atomic E-state index is 0.0200. The fourth-order valence-corrected chi connectivity index (χ4v) is 2.43. The zero-order valence-corrected chi connectivity index (χ0v) is 13.9. The summed E-state index contributed by atoms with van der Waals surface area (Å²) in [6.45, 7) is 8.75. The summed E-state index contributed by atoms with van der Waals surface area (Å²) in [5.74, 6) is 0.335. The highest BCUT2D eigenvalue weighted by Crippen LogP contribution is 2.27. The summed E-state index contributed by atoms with van der Waals surface area (Å²) in [5, 5.41) is 2.87. The topological polar surface area (TPSA) is 29.1 Å². The highest BCUT2D eigenvalue weighted by Gasteiger charge is 2.11. The molecule has 0 heterocycles. The SMILES string of the molecule is CC(=O)NCC(C)c1ccc(C2=CC=CC(C)(C)C=C2)cc1. The normalized spacial score (nSPS) is 17.5. The van der Waals surface area contributed by atoms with Gasteiger partial charge in [-0.2, -0.15) is 0 Å². The maximum Gasteiger partial charge on any atom is 0.216 e. The molecule has 2 nitrogen and oxygen atoms in total. The lowest BCUT2D eigenvalue weighted by Gasteiger charge is -2.14. The van der Waals surface area contributed by atoms with Crippen LogP contribution in [0.2, 0.25) is 0 Å². The second-order valence-electron chi connectivity index (χ2n) is 6.60. The molecule has 0 aromatic heterocycles. The van der Waals surface area contributed by atoms with E-state index in [9.17, 15) is 4.79 Å². The molecule has 2 rings (SSSR count). The Morgan fingerprint density at radius 1 is 1.18 bits per heavy atom. The molecule has 116 valence electrons. The minimum Gasteiger partial charge on any atom is -0.356 e. The van der Waals surface area contributed by atoms with E-state index in [2.05, 4.69) is 80.7 Å². The highest BCUT2D eigenvalue weighted by atomic mass is 16.1. The average Bonchev–Trinajstić information content (AvgIpc) is 2.66. The lowest BCUT2D eigenvalue weighted by Crippen LogP contribution is -2.24. The Morgan fingerprint density at radius 2 is 1.86 bits per heavy atom. The van der Waals surface area contributed by atoms with Gasteiger partial charge in [0.05, 0.1) is 0 Å². The molecule has 0 saturated heterocycles. The lowest BCUT2D eigenvalue weighted by atomic mass is 9.92.